The van der Waals surface area contributed by atoms with E-state index in [-0.39, 0.29) is 6.54 Å². The number of aromatic nitrogens is 1. The van der Waals surface area contributed by atoms with E-state index in [1.165, 1.54) is 6.92 Å². The van der Waals surface area contributed by atoms with Crippen molar-refractivity contribution in [2.24, 2.45) is 0 Å². The van der Waals surface area contributed by atoms with Gasteiger partial charge in [-0.3, -0.25) is 4.98 Å². The standard InChI is InChI=1S/C14H21ClN2O3/c1-13(2,3)20-12(18)14(4,19)9-17-8-10-7-16-6-5-11(10)15/h5-7,17,19H,8-9H2,1-4H3. The highest BCUT2D eigenvalue weighted by molar-refractivity contribution is 6.31. The zero-order chi connectivity index (χ0) is 15.4. The first-order valence-corrected chi connectivity index (χ1v) is 6.74. The summed E-state index contributed by atoms with van der Waals surface area (Å²) in [4.78, 5) is 15.8. The van der Waals surface area contributed by atoms with Crippen LogP contribution in [0.1, 0.15) is 33.3 Å². The summed E-state index contributed by atoms with van der Waals surface area (Å²) in [5, 5.41) is 13.7. The van der Waals surface area contributed by atoms with Crippen LogP contribution >= 0.6 is 11.6 Å². The molecule has 1 heterocycles. The van der Waals surface area contributed by atoms with Crippen LogP contribution in [0.15, 0.2) is 18.5 Å². The molecule has 0 aliphatic rings. The van der Waals surface area contributed by atoms with Crippen molar-refractivity contribution in [1.29, 1.82) is 0 Å². The predicted molar refractivity (Wildman–Crippen MR) is 77.4 cm³/mol. The number of aliphatic hydroxyl groups is 1. The van der Waals surface area contributed by atoms with Crippen LogP contribution in [0.2, 0.25) is 5.02 Å². The predicted octanol–water partition coefficient (Wildman–Crippen LogP) is 1.92. The molecule has 0 radical (unpaired) electrons. The fraction of sp³-hybridized carbons (Fsp3) is 0.571. The second-order valence-corrected chi connectivity index (χ2v) is 6.25. The highest BCUT2D eigenvalue weighted by Crippen LogP contribution is 2.15. The molecular weight excluding hydrogens is 280 g/mol. The zero-order valence-corrected chi connectivity index (χ0v) is 13.0. The molecule has 0 fully saturated rings. The quantitative estimate of drug-likeness (QED) is 0.813. The molecular formula is C14H21ClN2O3. The normalized spacial score (nSPS) is 14.7. The first-order valence-electron chi connectivity index (χ1n) is 6.37. The number of nitrogens with zero attached hydrogens (tertiary/aromatic N) is 1. The van der Waals surface area contributed by atoms with E-state index >= 15 is 0 Å². The first kappa shape index (κ1) is 16.9. The Hall–Kier alpha value is -1.17. The third-order valence-electron chi connectivity index (χ3n) is 2.47. The summed E-state index contributed by atoms with van der Waals surface area (Å²) < 4.78 is 5.16. The van der Waals surface area contributed by atoms with Gasteiger partial charge in [0.1, 0.15) is 5.60 Å². The topological polar surface area (TPSA) is 71.5 Å². The Kier molecular flexibility index (Phi) is 5.50. The second kappa shape index (κ2) is 6.52. The van der Waals surface area contributed by atoms with Crippen LogP contribution in [-0.4, -0.2) is 33.8 Å². The smallest absolute Gasteiger partial charge is 0.339 e. The molecule has 20 heavy (non-hydrogen) atoms. The lowest BCUT2D eigenvalue weighted by molar-refractivity contribution is -0.174. The Bertz CT molecular complexity index is 470. The van der Waals surface area contributed by atoms with E-state index in [1.54, 1.807) is 39.2 Å². The van der Waals surface area contributed by atoms with E-state index < -0.39 is 17.2 Å². The maximum absolute atomic E-state index is 11.8. The fourth-order valence-electron chi connectivity index (χ4n) is 1.44. The van der Waals surface area contributed by atoms with Crippen LogP contribution in [-0.2, 0) is 16.1 Å². The van der Waals surface area contributed by atoms with Gasteiger partial charge in [-0.25, -0.2) is 4.79 Å². The zero-order valence-electron chi connectivity index (χ0n) is 12.2. The molecule has 1 aromatic heterocycles. The Balaban J connectivity index is 2.51. The summed E-state index contributed by atoms with van der Waals surface area (Å²) in [6, 6.07) is 1.69. The van der Waals surface area contributed by atoms with Crippen LogP contribution in [0.4, 0.5) is 0 Å². The third-order valence-corrected chi connectivity index (χ3v) is 2.84. The number of halogens is 1. The maximum Gasteiger partial charge on any atom is 0.339 e. The van der Waals surface area contributed by atoms with Gasteiger partial charge in [-0.1, -0.05) is 11.6 Å². The summed E-state index contributed by atoms with van der Waals surface area (Å²) in [5.41, 5.74) is -1.43. The molecule has 0 saturated heterocycles. The van der Waals surface area contributed by atoms with Crippen molar-refractivity contribution < 1.29 is 14.6 Å². The van der Waals surface area contributed by atoms with Gasteiger partial charge in [0.25, 0.3) is 0 Å². The highest BCUT2D eigenvalue weighted by atomic mass is 35.5. The largest absolute Gasteiger partial charge is 0.458 e. The van der Waals surface area contributed by atoms with Crippen LogP contribution in [0, 0.1) is 0 Å². The van der Waals surface area contributed by atoms with Gasteiger partial charge in [0.15, 0.2) is 5.60 Å². The fourth-order valence-corrected chi connectivity index (χ4v) is 1.61. The molecule has 0 spiro atoms. The molecule has 5 nitrogen and oxygen atoms in total. The monoisotopic (exact) mass is 300 g/mol. The number of carbonyl (C=O) groups is 1. The molecule has 1 atom stereocenters. The van der Waals surface area contributed by atoms with Crippen LogP contribution in [0.3, 0.4) is 0 Å². The van der Waals surface area contributed by atoms with E-state index in [0.29, 0.717) is 11.6 Å². The Morgan fingerprint density at radius 1 is 1.45 bits per heavy atom. The van der Waals surface area contributed by atoms with Gasteiger partial charge in [0.2, 0.25) is 0 Å². The summed E-state index contributed by atoms with van der Waals surface area (Å²) >= 11 is 5.99. The van der Waals surface area contributed by atoms with Crippen LogP contribution < -0.4 is 5.32 Å². The number of rotatable bonds is 5. The summed E-state index contributed by atoms with van der Waals surface area (Å²) in [6.07, 6.45) is 3.24. The molecule has 0 aromatic carbocycles. The molecule has 0 saturated carbocycles. The van der Waals surface area contributed by atoms with Gasteiger partial charge in [-0.05, 0) is 33.8 Å². The maximum atomic E-state index is 11.8. The Labute approximate surface area is 124 Å². The molecule has 0 aliphatic heterocycles. The molecule has 0 amide bonds. The average Bonchev–Trinajstić information content (AvgIpc) is 2.29. The minimum Gasteiger partial charge on any atom is -0.458 e. The number of hydrogen-bond acceptors (Lipinski definition) is 5. The Morgan fingerprint density at radius 3 is 2.65 bits per heavy atom. The molecule has 0 aliphatic carbocycles. The lowest BCUT2D eigenvalue weighted by Crippen LogP contribution is -2.48. The lowest BCUT2D eigenvalue weighted by atomic mass is 10.1. The van der Waals surface area contributed by atoms with Gasteiger partial charge in [0, 0.05) is 36.1 Å². The van der Waals surface area contributed by atoms with Gasteiger partial charge in [-0.15, -0.1) is 0 Å². The Morgan fingerprint density at radius 2 is 2.10 bits per heavy atom. The van der Waals surface area contributed by atoms with Crippen LogP contribution in [0.5, 0.6) is 0 Å². The van der Waals surface area contributed by atoms with Crippen molar-refractivity contribution in [2.75, 3.05) is 6.54 Å². The minimum atomic E-state index is -1.60. The van der Waals surface area contributed by atoms with Gasteiger partial charge >= 0.3 is 5.97 Å². The summed E-state index contributed by atoms with van der Waals surface area (Å²) in [5.74, 6) is -0.658. The second-order valence-electron chi connectivity index (χ2n) is 5.85. The number of esters is 1. The molecule has 1 unspecified atom stereocenters. The van der Waals surface area contributed by atoms with E-state index in [9.17, 15) is 9.90 Å². The van der Waals surface area contributed by atoms with Gasteiger partial charge < -0.3 is 15.2 Å². The average molecular weight is 301 g/mol. The van der Waals surface area contributed by atoms with Crippen molar-refractivity contribution in [3.05, 3.63) is 29.0 Å². The van der Waals surface area contributed by atoms with Crippen molar-refractivity contribution in [1.82, 2.24) is 10.3 Å². The number of nitrogens with one attached hydrogen (secondary N) is 1. The van der Waals surface area contributed by atoms with E-state index in [4.69, 9.17) is 16.3 Å². The molecule has 1 rings (SSSR count). The number of ether oxygens (including phenoxy) is 1. The summed E-state index contributed by atoms with van der Waals surface area (Å²) in [6.45, 7) is 7.15. The van der Waals surface area contributed by atoms with E-state index in [0.717, 1.165) is 5.56 Å². The molecule has 2 N–H and O–H groups in total. The molecule has 1 aromatic rings. The number of pyridine rings is 1. The molecule has 112 valence electrons. The van der Waals surface area contributed by atoms with Gasteiger partial charge in [0.05, 0.1) is 0 Å². The lowest BCUT2D eigenvalue weighted by Gasteiger charge is -2.27. The number of hydrogen-bond donors (Lipinski definition) is 2. The molecule has 6 heteroatoms. The third kappa shape index (κ3) is 5.45. The molecule has 0 bridgehead atoms. The van der Waals surface area contributed by atoms with E-state index in [1.807, 2.05) is 0 Å². The van der Waals surface area contributed by atoms with Crippen molar-refractivity contribution in [3.8, 4) is 0 Å². The van der Waals surface area contributed by atoms with E-state index in [2.05, 4.69) is 10.3 Å². The van der Waals surface area contributed by atoms with Gasteiger partial charge in [-0.2, -0.15) is 0 Å². The van der Waals surface area contributed by atoms with Crippen molar-refractivity contribution in [2.45, 2.75) is 45.4 Å². The van der Waals surface area contributed by atoms with Crippen molar-refractivity contribution in [3.63, 3.8) is 0 Å². The summed E-state index contributed by atoms with van der Waals surface area (Å²) in [7, 11) is 0. The van der Waals surface area contributed by atoms with Crippen LogP contribution in [0.25, 0.3) is 0 Å². The first-order chi connectivity index (χ1) is 9.12. The van der Waals surface area contributed by atoms with Crippen molar-refractivity contribution >= 4 is 17.6 Å². The SMILES string of the molecule is CC(C)(C)OC(=O)C(C)(O)CNCc1cnccc1Cl. The number of carbonyl (C=O) groups excluding carboxylic acids is 1. The highest BCUT2D eigenvalue weighted by Gasteiger charge is 2.34. The minimum absolute atomic E-state index is 0.0626.